The molecule has 3 aromatic rings. The molecule has 136 valence electrons. The molecule has 1 amide bonds. The lowest BCUT2D eigenvalue weighted by Gasteiger charge is -2.34. The number of hydrogen-bond donors (Lipinski definition) is 1. The zero-order valence-corrected chi connectivity index (χ0v) is 15.8. The van der Waals surface area contributed by atoms with E-state index in [-0.39, 0.29) is 11.9 Å². The Labute approximate surface area is 157 Å². The maximum absolute atomic E-state index is 13.1. The summed E-state index contributed by atoms with van der Waals surface area (Å²) >= 11 is 1.55. The van der Waals surface area contributed by atoms with Gasteiger partial charge in [0.25, 0.3) is 5.91 Å². The van der Waals surface area contributed by atoms with Gasteiger partial charge in [0.1, 0.15) is 4.83 Å². The third kappa shape index (κ3) is 3.15. The van der Waals surface area contributed by atoms with Gasteiger partial charge in [0.05, 0.1) is 17.1 Å². The number of benzene rings is 1. The molecule has 1 saturated heterocycles. The molecule has 0 spiro atoms. The number of fused-ring (bicyclic) bond motifs is 1. The van der Waals surface area contributed by atoms with Crippen molar-refractivity contribution < 1.29 is 4.79 Å². The lowest BCUT2D eigenvalue weighted by molar-refractivity contribution is 0.0628. The quantitative estimate of drug-likeness (QED) is 0.767. The van der Waals surface area contributed by atoms with Crippen LogP contribution in [0.2, 0.25) is 0 Å². The fraction of sp³-hybridized carbons (Fsp3) is 0.400. The summed E-state index contributed by atoms with van der Waals surface area (Å²) in [5.41, 5.74) is 8.07. The first-order valence-electron chi connectivity index (χ1n) is 9.19. The number of hydrogen-bond acceptors (Lipinski definition) is 4. The van der Waals surface area contributed by atoms with E-state index in [4.69, 9.17) is 5.73 Å². The summed E-state index contributed by atoms with van der Waals surface area (Å²) in [7, 11) is 0. The van der Waals surface area contributed by atoms with E-state index in [9.17, 15) is 4.79 Å². The van der Waals surface area contributed by atoms with Gasteiger partial charge in [-0.3, -0.25) is 9.48 Å². The van der Waals surface area contributed by atoms with E-state index in [1.54, 1.807) is 11.3 Å². The van der Waals surface area contributed by atoms with Crippen LogP contribution in [0.25, 0.3) is 10.2 Å². The monoisotopic (exact) mass is 368 g/mol. The van der Waals surface area contributed by atoms with Gasteiger partial charge < -0.3 is 10.6 Å². The fourth-order valence-corrected chi connectivity index (χ4v) is 4.85. The van der Waals surface area contributed by atoms with Crippen LogP contribution in [0.3, 0.4) is 0 Å². The number of nitrogens with two attached hydrogens (primary N) is 1. The van der Waals surface area contributed by atoms with E-state index in [0.717, 1.165) is 46.6 Å². The van der Waals surface area contributed by atoms with Gasteiger partial charge in [-0.25, -0.2) is 0 Å². The predicted molar refractivity (Wildman–Crippen MR) is 106 cm³/mol. The normalized spacial score (nSPS) is 17.8. The molecule has 1 aliphatic rings. The van der Waals surface area contributed by atoms with Gasteiger partial charge in [0.15, 0.2) is 0 Å². The van der Waals surface area contributed by atoms with Gasteiger partial charge in [-0.15, -0.1) is 11.3 Å². The number of likely N-dealkylation sites (tertiary alicyclic amines) is 1. The molecule has 26 heavy (non-hydrogen) atoms. The number of thiophene rings is 1. The second-order valence-electron chi connectivity index (χ2n) is 6.94. The molecule has 0 bridgehead atoms. The predicted octanol–water partition coefficient (Wildman–Crippen LogP) is 3.41. The summed E-state index contributed by atoms with van der Waals surface area (Å²) in [6.45, 7) is 4.07. The smallest absolute Gasteiger partial charge is 0.264 e. The molecular formula is C20H24N4OS. The number of aryl methyl sites for hydroxylation is 1. The van der Waals surface area contributed by atoms with Gasteiger partial charge in [-0.05, 0) is 37.8 Å². The highest BCUT2D eigenvalue weighted by molar-refractivity contribution is 7.20. The molecule has 0 saturated carbocycles. The Morgan fingerprint density at radius 2 is 2.12 bits per heavy atom. The molecule has 1 aliphatic heterocycles. The van der Waals surface area contributed by atoms with Crippen LogP contribution in [0.1, 0.15) is 40.2 Å². The zero-order chi connectivity index (χ0) is 18.1. The summed E-state index contributed by atoms with van der Waals surface area (Å²) < 4.78 is 2.01. The Hall–Kier alpha value is -2.18. The first-order valence-corrected chi connectivity index (χ1v) is 10.0. The summed E-state index contributed by atoms with van der Waals surface area (Å²) in [5, 5.41) is 5.75. The standard InChI is InChI=1S/C20H24N4OS/c1-14-17-11-18(19(25)23-10-6-5-9-16(23)12-21)26-20(17)24(22-14)13-15-7-3-2-4-8-15/h2-4,7-8,11,16H,5-6,9-10,12-13,21H2,1H3. The molecule has 2 N–H and O–H groups in total. The minimum atomic E-state index is 0.118. The van der Waals surface area contributed by atoms with Crippen LogP contribution < -0.4 is 5.73 Å². The van der Waals surface area contributed by atoms with Crippen LogP contribution in [-0.4, -0.2) is 39.7 Å². The molecule has 1 aromatic carbocycles. The van der Waals surface area contributed by atoms with Gasteiger partial charge in [0, 0.05) is 24.5 Å². The third-order valence-corrected chi connectivity index (χ3v) is 6.29. The number of rotatable bonds is 4. The van der Waals surface area contributed by atoms with E-state index in [1.165, 1.54) is 5.56 Å². The Balaban J connectivity index is 1.65. The van der Waals surface area contributed by atoms with E-state index in [1.807, 2.05) is 40.8 Å². The Morgan fingerprint density at radius 3 is 2.88 bits per heavy atom. The van der Waals surface area contributed by atoms with Crippen molar-refractivity contribution in [2.24, 2.45) is 5.73 Å². The molecule has 0 aliphatic carbocycles. The molecule has 2 aromatic heterocycles. The van der Waals surface area contributed by atoms with Gasteiger partial charge in [0.2, 0.25) is 0 Å². The Kier molecular flexibility index (Phi) is 4.78. The molecule has 5 nitrogen and oxygen atoms in total. The maximum Gasteiger partial charge on any atom is 0.264 e. The van der Waals surface area contributed by atoms with Crippen molar-refractivity contribution in [1.82, 2.24) is 14.7 Å². The maximum atomic E-state index is 13.1. The highest BCUT2D eigenvalue weighted by Crippen LogP contribution is 2.31. The van der Waals surface area contributed by atoms with Crippen LogP contribution in [-0.2, 0) is 6.54 Å². The van der Waals surface area contributed by atoms with E-state index >= 15 is 0 Å². The molecule has 3 heterocycles. The van der Waals surface area contributed by atoms with Crippen LogP contribution >= 0.6 is 11.3 Å². The molecule has 0 radical (unpaired) electrons. The molecule has 6 heteroatoms. The van der Waals surface area contributed by atoms with E-state index in [0.29, 0.717) is 13.1 Å². The first-order chi connectivity index (χ1) is 12.7. The second kappa shape index (κ2) is 7.21. The number of nitrogens with zero attached hydrogens (tertiary/aromatic N) is 3. The third-order valence-electron chi connectivity index (χ3n) is 5.15. The van der Waals surface area contributed by atoms with Crippen molar-refractivity contribution in [3.8, 4) is 0 Å². The van der Waals surface area contributed by atoms with Crippen LogP contribution in [0.4, 0.5) is 0 Å². The van der Waals surface area contributed by atoms with Crippen molar-refractivity contribution in [3.63, 3.8) is 0 Å². The summed E-state index contributed by atoms with van der Waals surface area (Å²) in [6.07, 6.45) is 3.23. The minimum absolute atomic E-state index is 0.118. The van der Waals surface area contributed by atoms with Crippen LogP contribution in [0.5, 0.6) is 0 Å². The first kappa shape index (κ1) is 17.2. The number of piperidine rings is 1. The van der Waals surface area contributed by atoms with Crippen molar-refractivity contribution in [1.29, 1.82) is 0 Å². The molecule has 1 atom stereocenters. The topological polar surface area (TPSA) is 64.2 Å². The average Bonchev–Trinajstić information content (AvgIpc) is 3.23. The number of aromatic nitrogens is 2. The number of amides is 1. The lowest BCUT2D eigenvalue weighted by Crippen LogP contribution is -2.47. The fourth-order valence-electron chi connectivity index (χ4n) is 3.74. The van der Waals surface area contributed by atoms with Gasteiger partial charge in [-0.1, -0.05) is 30.3 Å². The van der Waals surface area contributed by atoms with E-state index < -0.39 is 0 Å². The van der Waals surface area contributed by atoms with Crippen molar-refractivity contribution in [2.45, 2.75) is 38.8 Å². The molecular weight excluding hydrogens is 344 g/mol. The highest BCUT2D eigenvalue weighted by atomic mass is 32.1. The highest BCUT2D eigenvalue weighted by Gasteiger charge is 2.28. The van der Waals surface area contributed by atoms with Crippen molar-refractivity contribution in [2.75, 3.05) is 13.1 Å². The van der Waals surface area contributed by atoms with Crippen LogP contribution in [0.15, 0.2) is 36.4 Å². The van der Waals surface area contributed by atoms with Crippen molar-refractivity contribution >= 4 is 27.5 Å². The number of carbonyl (C=O) groups excluding carboxylic acids is 1. The summed E-state index contributed by atoms with van der Waals surface area (Å²) in [4.78, 5) is 16.9. The lowest BCUT2D eigenvalue weighted by atomic mass is 10.0. The Morgan fingerprint density at radius 1 is 1.31 bits per heavy atom. The number of carbonyl (C=O) groups is 1. The van der Waals surface area contributed by atoms with E-state index in [2.05, 4.69) is 17.2 Å². The summed E-state index contributed by atoms with van der Waals surface area (Å²) in [5.74, 6) is 0.118. The SMILES string of the molecule is Cc1nn(Cc2ccccc2)c2sc(C(=O)N3CCCCC3CN)cc12. The Bertz CT molecular complexity index is 915. The zero-order valence-electron chi connectivity index (χ0n) is 15.0. The van der Waals surface area contributed by atoms with Gasteiger partial charge >= 0.3 is 0 Å². The van der Waals surface area contributed by atoms with Crippen LogP contribution in [0, 0.1) is 6.92 Å². The van der Waals surface area contributed by atoms with Crippen molar-refractivity contribution in [3.05, 3.63) is 52.5 Å². The molecule has 1 unspecified atom stereocenters. The molecule has 1 fully saturated rings. The van der Waals surface area contributed by atoms with Gasteiger partial charge in [-0.2, -0.15) is 5.10 Å². The largest absolute Gasteiger partial charge is 0.334 e. The molecule has 4 rings (SSSR count). The second-order valence-corrected chi connectivity index (χ2v) is 7.97. The average molecular weight is 369 g/mol. The minimum Gasteiger partial charge on any atom is -0.334 e. The summed E-state index contributed by atoms with van der Waals surface area (Å²) in [6, 6.07) is 12.5.